The van der Waals surface area contributed by atoms with Crippen LogP contribution in [0, 0.1) is 18.3 Å². The van der Waals surface area contributed by atoms with Crippen molar-refractivity contribution in [3.63, 3.8) is 0 Å². The molecule has 0 N–H and O–H groups in total. The second-order valence-corrected chi connectivity index (χ2v) is 4.38. The first-order chi connectivity index (χ1) is 8.24. The lowest BCUT2D eigenvalue weighted by Gasteiger charge is -2.05. The molecule has 1 heterocycles. The van der Waals surface area contributed by atoms with E-state index in [1.165, 1.54) is 18.4 Å². The third-order valence-corrected chi connectivity index (χ3v) is 2.94. The molecular formula is C15H16N2. The van der Waals surface area contributed by atoms with Gasteiger partial charge in [0.25, 0.3) is 0 Å². The molecule has 2 rings (SSSR count). The fourth-order valence-corrected chi connectivity index (χ4v) is 2.03. The predicted octanol–water partition coefficient (Wildman–Crippen LogP) is 3.76. The first kappa shape index (κ1) is 11.6. The van der Waals surface area contributed by atoms with E-state index in [1.807, 2.05) is 19.1 Å². The summed E-state index contributed by atoms with van der Waals surface area (Å²) in [6, 6.07) is 10.4. The highest BCUT2D eigenvalue weighted by atomic mass is 14.7. The molecule has 0 saturated heterocycles. The highest BCUT2D eigenvalue weighted by Gasteiger charge is 2.04. The number of nitrogens with zero attached hydrogens (tertiary/aromatic N) is 2. The normalized spacial score (nSPS) is 10.4. The SMILES string of the molecule is CCCCc1ccc2nc(C)cc(C#N)c2c1. The van der Waals surface area contributed by atoms with Gasteiger partial charge in [0.2, 0.25) is 0 Å². The van der Waals surface area contributed by atoms with Gasteiger partial charge < -0.3 is 0 Å². The zero-order chi connectivity index (χ0) is 12.3. The Hall–Kier alpha value is -1.88. The smallest absolute Gasteiger partial charge is 0.0999 e. The van der Waals surface area contributed by atoms with E-state index in [-0.39, 0.29) is 0 Å². The number of benzene rings is 1. The van der Waals surface area contributed by atoms with Crippen LogP contribution in [0.25, 0.3) is 10.9 Å². The second-order valence-electron chi connectivity index (χ2n) is 4.38. The molecule has 0 bridgehead atoms. The number of hydrogen-bond acceptors (Lipinski definition) is 2. The molecule has 0 unspecified atom stereocenters. The van der Waals surface area contributed by atoms with E-state index >= 15 is 0 Å². The third kappa shape index (κ3) is 2.45. The van der Waals surface area contributed by atoms with E-state index in [2.05, 4.69) is 30.1 Å². The van der Waals surface area contributed by atoms with Gasteiger partial charge in [-0.15, -0.1) is 0 Å². The Morgan fingerprint density at radius 3 is 2.82 bits per heavy atom. The number of rotatable bonds is 3. The molecule has 0 radical (unpaired) electrons. The van der Waals surface area contributed by atoms with Gasteiger partial charge >= 0.3 is 0 Å². The van der Waals surface area contributed by atoms with Crippen molar-refractivity contribution in [3.05, 3.63) is 41.1 Å². The van der Waals surface area contributed by atoms with Crippen LogP contribution in [0.1, 0.15) is 36.6 Å². The van der Waals surface area contributed by atoms with Crippen LogP contribution < -0.4 is 0 Å². The van der Waals surface area contributed by atoms with Crippen LogP contribution in [0.3, 0.4) is 0 Å². The van der Waals surface area contributed by atoms with Crippen molar-refractivity contribution in [1.82, 2.24) is 4.98 Å². The lowest BCUT2D eigenvalue weighted by atomic mass is 10.0. The highest BCUT2D eigenvalue weighted by Crippen LogP contribution is 2.20. The molecule has 0 spiro atoms. The number of hydrogen-bond donors (Lipinski definition) is 0. The van der Waals surface area contributed by atoms with Crippen LogP contribution >= 0.6 is 0 Å². The Morgan fingerprint density at radius 1 is 1.29 bits per heavy atom. The van der Waals surface area contributed by atoms with Crippen LogP contribution in [0.2, 0.25) is 0 Å². The number of aromatic nitrogens is 1. The number of pyridine rings is 1. The summed E-state index contributed by atoms with van der Waals surface area (Å²) in [6.07, 6.45) is 3.45. The minimum atomic E-state index is 0.728. The Kier molecular flexibility index (Phi) is 3.39. The molecule has 17 heavy (non-hydrogen) atoms. The molecule has 0 fully saturated rings. The van der Waals surface area contributed by atoms with Crippen molar-refractivity contribution in [2.75, 3.05) is 0 Å². The zero-order valence-corrected chi connectivity index (χ0v) is 10.3. The minimum absolute atomic E-state index is 0.728. The Bertz CT molecular complexity index is 579. The summed E-state index contributed by atoms with van der Waals surface area (Å²) in [5.41, 5.74) is 3.84. The van der Waals surface area contributed by atoms with E-state index in [9.17, 15) is 0 Å². The van der Waals surface area contributed by atoms with Crippen molar-refractivity contribution in [2.24, 2.45) is 0 Å². The van der Waals surface area contributed by atoms with Gasteiger partial charge in [0.05, 0.1) is 17.1 Å². The fraction of sp³-hybridized carbons (Fsp3) is 0.333. The van der Waals surface area contributed by atoms with Gasteiger partial charge in [-0.1, -0.05) is 19.4 Å². The zero-order valence-electron chi connectivity index (χ0n) is 10.3. The quantitative estimate of drug-likeness (QED) is 0.796. The standard InChI is InChI=1S/C15H16N2/c1-3-4-5-12-6-7-15-14(9-12)13(10-16)8-11(2)17-15/h6-9H,3-5H2,1-2H3. The van der Waals surface area contributed by atoms with Gasteiger partial charge in [-0.05, 0) is 43.5 Å². The first-order valence-corrected chi connectivity index (χ1v) is 6.05. The van der Waals surface area contributed by atoms with Crippen LogP contribution in [-0.2, 0) is 6.42 Å². The maximum Gasteiger partial charge on any atom is 0.0999 e. The molecule has 2 heteroatoms. The molecule has 1 aromatic heterocycles. The van der Waals surface area contributed by atoms with Gasteiger partial charge in [0, 0.05) is 11.1 Å². The number of nitriles is 1. The number of aryl methyl sites for hydroxylation is 2. The molecule has 86 valence electrons. The molecule has 2 nitrogen and oxygen atoms in total. The topological polar surface area (TPSA) is 36.7 Å². The average Bonchev–Trinajstić information content (AvgIpc) is 2.35. The molecule has 1 aromatic carbocycles. The Balaban J connectivity index is 2.52. The van der Waals surface area contributed by atoms with Gasteiger partial charge in [-0.2, -0.15) is 5.26 Å². The van der Waals surface area contributed by atoms with E-state index in [1.54, 1.807) is 0 Å². The van der Waals surface area contributed by atoms with E-state index in [4.69, 9.17) is 5.26 Å². The summed E-state index contributed by atoms with van der Waals surface area (Å²) in [6.45, 7) is 4.11. The van der Waals surface area contributed by atoms with Gasteiger partial charge in [-0.3, -0.25) is 4.98 Å². The molecule has 0 aliphatic rings. The van der Waals surface area contributed by atoms with Gasteiger partial charge in [0.1, 0.15) is 0 Å². The second kappa shape index (κ2) is 4.97. The fourth-order valence-electron chi connectivity index (χ4n) is 2.03. The van der Waals surface area contributed by atoms with E-state index in [0.29, 0.717) is 0 Å². The largest absolute Gasteiger partial charge is 0.253 e. The number of unbranched alkanes of at least 4 members (excludes halogenated alkanes) is 1. The monoisotopic (exact) mass is 224 g/mol. The minimum Gasteiger partial charge on any atom is -0.253 e. The van der Waals surface area contributed by atoms with E-state index in [0.717, 1.165) is 28.6 Å². The van der Waals surface area contributed by atoms with Crippen molar-refractivity contribution in [2.45, 2.75) is 33.1 Å². The third-order valence-electron chi connectivity index (χ3n) is 2.94. The maximum atomic E-state index is 9.15. The van der Waals surface area contributed by atoms with Crippen molar-refractivity contribution < 1.29 is 0 Å². The van der Waals surface area contributed by atoms with Crippen molar-refractivity contribution in [1.29, 1.82) is 5.26 Å². The summed E-state index contributed by atoms with van der Waals surface area (Å²) in [4.78, 5) is 4.45. The summed E-state index contributed by atoms with van der Waals surface area (Å²) in [5, 5.41) is 10.1. The summed E-state index contributed by atoms with van der Waals surface area (Å²) in [7, 11) is 0. The Labute approximate surface area is 102 Å². The summed E-state index contributed by atoms with van der Waals surface area (Å²) >= 11 is 0. The molecular weight excluding hydrogens is 208 g/mol. The molecule has 0 saturated carbocycles. The Morgan fingerprint density at radius 2 is 2.12 bits per heavy atom. The van der Waals surface area contributed by atoms with Crippen molar-refractivity contribution >= 4 is 10.9 Å². The molecule has 2 aromatic rings. The molecule has 0 aliphatic heterocycles. The van der Waals surface area contributed by atoms with Crippen molar-refractivity contribution in [3.8, 4) is 6.07 Å². The van der Waals surface area contributed by atoms with E-state index < -0.39 is 0 Å². The molecule has 0 atom stereocenters. The average molecular weight is 224 g/mol. The van der Waals surface area contributed by atoms with Gasteiger partial charge in [-0.25, -0.2) is 0 Å². The van der Waals surface area contributed by atoms with Crippen LogP contribution in [0.4, 0.5) is 0 Å². The molecule has 0 aliphatic carbocycles. The summed E-state index contributed by atoms with van der Waals surface area (Å²) < 4.78 is 0. The van der Waals surface area contributed by atoms with Gasteiger partial charge in [0.15, 0.2) is 0 Å². The molecule has 0 amide bonds. The first-order valence-electron chi connectivity index (χ1n) is 6.05. The van der Waals surface area contributed by atoms with Crippen LogP contribution in [0.15, 0.2) is 24.3 Å². The number of fused-ring (bicyclic) bond motifs is 1. The van der Waals surface area contributed by atoms with Crippen LogP contribution in [-0.4, -0.2) is 4.98 Å². The lowest BCUT2D eigenvalue weighted by molar-refractivity contribution is 0.796. The summed E-state index contributed by atoms with van der Waals surface area (Å²) in [5.74, 6) is 0. The maximum absolute atomic E-state index is 9.15. The lowest BCUT2D eigenvalue weighted by Crippen LogP contribution is -1.91. The predicted molar refractivity (Wildman–Crippen MR) is 69.8 cm³/mol. The highest BCUT2D eigenvalue weighted by molar-refractivity contribution is 5.85. The van der Waals surface area contributed by atoms with Crippen LogP contribution in [0.5, 0.6) is 0 Å².